The summed E-state index contributed by atoms with van der Waals surface area (Å²) in [7, 11) is 0.973. The molecular formula is C73H115NO23S. The Morgan fingerprint density at radius 3 is 1.97 bits per heavy atom. The number of benzene rings is 2. The molecule has 19 unspecified atom stereocenters. The highest BCUT2D eigenvalue weighted by Crippen LogP contribution is 2.42. The zero-order chi connectivity index (χ0) is 73.3. The largest absolute Gasteiger partial charge is 0.485 e. The Hall–Kier alpha value is -5.00. The average molecular weight is 1410 g/mol. The van der Waals surface area contributed by atoms with Crippen molar-refractivity contribution in [1.82, 2.24) is 4.90 Å². The number of hydrogen-bond donors (Lipinski definition) is 5. The normalized spacial score (nSPS) is 32.6. The lowest BCUT2D eigenvalue weighted by atomic mass is 9.74. The number of Topliss-reactive ketones (excluding diaryl/α,β-unsaturated/α-hetero) is 1. The maximum Gasteiger partial charge on any atom is 0.397 e. The van der Waals surface area contributed by atoms with Gasteiger partial charge in [-0.3, -0.25) is 18.9 Å². The van der Waals surface area contributed by atoms with E-state index in [4.69, 9.17) is 51.6 Å². The zero-order valence-corrected chi connectivity index (χ0v) is 61.7. The van der Waals surface area contributed by atoms with Crippen LogP contribution in [0.25, 0.3) is 11.0 Å². The quantitative estimate of drug-likeness (QED) is 0.0183. The van der Waals surface area contributed by atoms with Crippen molar-refractivity contribution in [3.8, 4) is 5.75 Å². The molecule has 0 aliphatic carbocycles. The summed E-state index contributed by atoms with van der Waals surface area (Å²) < 4.78 is 93.5. The molecule has 24 nitrogen and oxygen atoms in total. The van der Waals surface area contributed by atoms with Gasteiger partial charge in [0.25, 0.3) is 0 Å². The number of ether oxygens (including phenoxy) is 9. The Bertz CT molecular complexity index is 3170. The van der Waals surface area contributed by atoms with E-state index in [1.807, 2.05) is 51.9 Å². The van der Waals surface area contributed by atoms with Gasteiger partial charge in [0, 0.05) is 61.6 Å². The van der Waals surface area contributed by atoms with Crippen LogP contribution in [0.3, 0.4) is 0 Å². The molecule has 4 aliphatic rings. The van der Waals surface area contributed by atoms with Crippen LogP contribution < -0.4 is 10.4 Å². The lowest BCUT2D eigenvalue weighted by Crippen LogP contribution is -2.61. The van der Waals surface area contributed by atoms with E-state index in [0.717, 1.165) is 23.8 Å². The Morgan fingerprint density at radius 2 is 1.39 bits per heavy atom. The van der Waals surface area contributed by atoms with Gasteiger partial charge in [0.2, 0.25) is 0 Å². The van der Waals surface area contributed by atoms with Gasteiger partial charge in [0.15, 0.2) is 18.7 Å². The first-order valence-electron chi connectivity index (χ1n) is 35.1. The summed E-state index contributed by atoms with van der Waals surface area (Å²) in [6, 6.07) is 15.4. The van der Waals surface area contributed by atoms with Crippen molar-refractivity contribution in [2.24, 2.45) is 23.7 Å². The first-order chi connectivity index (χ1) is 45.8. The van der Waals surface area contributed by atoms with Crippen LogP contribution in [0, 0.1) is 23.7 Å². The summed E-state index contributed by atoms with van der Waals surface area (Å²) >= 11 is 0. The SMILES string of the molecule is CC(C)(OC(=O)c1ccccc1)C1Cc2cc3ccc(=O)oc3cc2O1.CCC(=O)OC1C(OC2C(C)C(OC3CC(C)(OC)C(O)C(C)O3)C(C)C(=O)OC(CC)C(C)(O)C(O)C(C)C(=O)C(C)CC2(C)O)OC(C)CC1N(C)C.CCCCCCCCCCCCOS(=O)(=O)O. The van der Waals surface area contributed by atoms with Crippen LogP contribution in [-0.4, -0.2) is 186 Å². The van der Waals surface area contributed by atoms with Gasteiger partial charge in [-0.05, 0) is 125 Å². The van der Waals surface area contributed by atoms with Gasteiger partial charge < -0.3 is 72.4 Å². The number of methoxy groups -OCH3 is 1. The standard InChI is InChI=1S/C40H71NO14.C21H18O5.C12H26O4S/c1-15-27-40(11,48)33(44)22(5)30(43)20(3)18-38(9,47)35(55-37-32(53-28(42)16-2)26(41(12)13)17-21(4)50-37)23(6)31(24(7)36(46)52-27)54-29-19-39(10,49-14)34(45)25(8)51-29;1-21(2,26-20(23)13-6-4-3-5-7-13)18-11-15-10-14-8-9-19(22)25-16(14)12-17(15)24-18;1-2-3-4-5-6-7-8-9-10-11-12-16-17(13,14)15/h20-27,29,31-35,37,44-45,47-48H,15-19H2,1-14H3;3-10,12,18H,11H2,1-2H3;2-12H2,1H3,(H,13,14,15). The van der Waals surface area contributed by atoms with Gasteiger partial charge in [-0.25, -0.2) is 13.8 Å². The van der Waals surface area contributed by atoms with Crippen molar-refractivity contribution in [2.45, 2.75) is 296 Å². The van der Waals surface area contributed by atoms with E-state index in [1.54, 1.807) is 84.9 Å². The number of carbonyl (C=O) groups excluding carboxylic acids is 4. The predicted molar refractivity (Wildman–Crippen MR) is 366 cm³/mol. The van der Waals surface area contributed by atoms with Crippen LogP contribution in [0.1, 0.15) is 209 Å². The summed E-state index contributed by atoms with van der Waals surface area (Å²) in [6.07, 6.45) is 2.46. The second-order valence-corrected chi connectivity index (χ2v) is 29.7. The van der Waals surface area contributed by atoms with E-state index in [9.17, 15) is 52.8 Å². The third-order valence-corrected chi connectivity index (χ3v) is 20.2. The predicted octanol–water partition coefficient (Wildman–Crippen LogP) is 10.2. The van der Waals surface area contributed by atoms with Gasteiger partial charge in [-0.1, -0.05) is 118 Å². The summed E-state index contributed by atoms with van der Waals surface area (Å²) in [5, 5.41) is 47.4. The molecule has 3 fully saturated rings. The van der Waals surface area contributed by atoms with Crippen molar-refractivity contribution in [2.75, 3.05) is 27.8 Å². The number of likely N-dealkylation sites (N-methyl/N-ethyl adjacent to an activating group) is 1. The number of carbonyl (C=O) groups is 4. The molecule has 5 heterocycles. The maximum atomic E-state index is 14.2. The second-order valence-electron chi connectivity index (χ2n) is 28.6. The fourth-order valence-electron chi connectivity index (χ4n) is 13.6. The number of nitrogens with zero attached hydrogens (tertiary/aromatic N) is 1. The van der Waals surface area contributed by atoms with Gasteiger partial charge in [-0.15, -0.1) is 0 Å². The van der Waals surface area contributed by atoms with E-state index in [1.165, 1.54) is 78.9 Å². The molecule has 25 heteroatoms. The summed E-state index contributed by atoms with van der Waals surface area (Å²) in [5.41, 5.74) is -4.16. The Labute approximate surface area is 580 Å². The number of ketones is 1. The van der Waals surface area contributed by atoms with Crippen LogP contribution >= 0.6 is 0 Å². The van der Waals surface area contributed by atoms with E-state index in [0.29, 0.717) is 36.2 Å². The molecule has 0 bridgehead atoms. The minimum atomic E-state index is -4.23. The van der Waals surface area contributed by atoms with Gasteiger partial charge in [0.1, 0.15) is 46.6 Å². The van der Waals surface area contributed by atoms with Crippen molar-refractivity contribution in [3.05, 3.63) is 76.1 Å². The molecule has 4 aliphatic heterocycles. The third-order valence-electron chi connectivity index (χ3n) is 19.7. The Morgan fingerprint density at radius 1 is 0.765 bits per heavy atom. The molecule has 0 saturated carbocycles. The van der Waals surface area contributed by atoms with E-state index in [-0.39, 0.29) is 56.5 Å². The van der Waals surface area contributed by atoms with E-state index < -0.39 is 135 Å². The third kappa shape index (κ3) is 23.3. The summed E-state index contributed by atoms with van der Waals surface area (Å²) in [4.78, 5) is 66.7. The molecule has 0 spiro atoms. The van der Waals surface area contributed by atoms with Crippen molar-refractivity contribution < 1.29 is 104 Å². The molecule has 3 aromatic rings. The first kappa shape index (κ1) is 83.7. The molecule has 1 aromatic heterocycles. The molecular weight excluding hydrogens is 1290 g/mol. The minimum Gasteiger partial charge on any atom is -0.485 e. The molecule has 3 saturated heterocycles. The number of cyclic esters (lactones) is 1. The van der Waals surface area contributed by atoms with Gasteiger partial charge in [-0.2, -0.15) is 8.42 Å². The molecule has 19 atom stereocenters. The van der Waals surface area contributed by atoms with E-state index >= 15 is 0 Å². The Balaban J connectivity index is 0.000000327. The number of esters is 3. The maximum absolute atomic E-state index is 14.2. The van der Waals surface area contributed by atoms with Gasteiger partial charge in [0.05, 0.1) is 65.9 Å². The van der Waals surface area contributed by atoms with Crippen LogP contribution in [-0.2, 0) is 73.3 Å². The zero-order valence-electron chi connectivity index (χ0n) is 60.9. The highest BCUT2D eigenvalue weighted by Gasteiger charge is 2.54. The number of hydrogen-bond acceptors (Lipinski definition) is 23. The number of aliphatic hydroxyl groups excluding tert-OH is 2. The molecule has 556 valence electrons. The van der Waals surface area contributed by atoms with Crippen LogP contribution in [0.15, 0.2) is 63.8 Å². The molecule has 0 radical (unpaired) electrons. The average Bonchev–Trinajstić information content (AvgIpc) is 1.26. The number of rotatable bonds is 24. The molecule has 98 heavy (non-hydrogen) atoms. The second kappa shape index (κ2) is 37.3. The molecule has 0 amide bonds. The molecule has 5 N–H and O–H groups in total. The number of unbranched alkanes of at least 4 members (excludes halogenated alkanes) is 9. The van der Waals surface area contributed by atoms with Crippen LogP contribution in [0.4, 0.5) is 0 Å². The summed E-state index contributed by atoms with van der Waals surface area (Å²) in [5.74, 6) is -5.32. The number of fused-ring (bicyclic) bond motifs is 2. The minimum absolute atomic E-state index is 0.0760. The lowest BCUT2D eigenvalue weighted by Gasteiger charge is -2.49. The molecule has 2 aromatic carbocycles. The lowest BCUT2D eigenvalue weighted by molar-refractivity contribution is -0.319. The fraction of sp³-hybridized carbons (Fsp3) is 0.740. The van der Waals surface area contributed by atoms with Gasteiger partial charge >= 0.3 is 33.9 Å². The topological polar surface area (TPSA) is 329 Å². The number of aliphatic hydroxyl groups is 4. The monoisotopic (exact) mass is 1410 g/mol. The van der Waals surface area contributed by atoms with Crippen LogP contribution in [0.2, 0.25) is 0 Å². The van der Waals surface area contributed by atoms with Crippen LogP contribution in [0.5, 0.6) is 5.75 Å². The van der Waals surface area contributed by atoms with Crippen molar-refractivity contribution >= 4 is 45.1 Å². The summed E-state index contributed by atoms with van der Waals surface area (Å²) in [6.45, 7) is 24.0. The highest BCUT2D eigenvalue weighted by molar-refractivity contribution is 7.80. The smallest absolute Gasteiger partial charge is 0.397 e. The first-order valence-corrected chi connectivity index (χ1v) is 36.4. The Kier molecular flexibility index (Phi) is 31.8. The highest BCUT2D eigenvalue weighted by atomic mass is 32.3. The van der Waals surface area contributed by atoms with Crippen molar-refractivity contribution in [1.29, 1.82) is 0 Å². The van der Waals surface area contributed by atoms with Crippen molar-refractivity contribution in [3.63, 3.8) is 0 Å². The fourth-order valence-corrected chi connectivity index (χ4v) is 14.0. The molecule has 7 rings (SSSR count). The van der Waals surface area contributed by atoms with E-state index in [2.05, 4.69) is 11.1 Å².